The fraction of sp³-hybridized carbons (Fsp3) is 0.0968. The summed E-state index contributed by atoms with van der Waals surface area (Å²) in [7, 11) is 2.94. The highest BCUT2D eigenvalue weighted by molar-refractivity contribution is 6.51. The number of para-hydroxylation sites is 3. The standard InChI is InChI=1S/C31H25NO7/c1-37-25-16-15-20(18-26(25)38-2)29(34)27-28(32(31(36)30(27)35)23-13-6-7-14-24(23)33)19-9-8-12-22(17-19)39-21-10-4-3-5-11-21/h3-18,28,33-34H,1-2H3/b29-27+. The molecule has 1 fully saturated rings. The number of anilines is 1. The number of aliphatic hydroxyl groups is 1. The molecule has 0 saturated carbocycles. The van der Waals surface area contributed by atoms with Crippen molar-refractivity contribution in [3.05, 3.63) is 114 Å². The van der Waals surface area contributed by atoms with Crippen molar-refractivity contribution < 1.29 is 34.0 Å². The number of phenolic OH excluding ortho intramolecular Hbond substituents is 1. The quantitative estimate of drug-likeness (QED) is 0.178. The van der Waals surface area contributed by atoms with E-state index in [0.29, 0.717) is 28.6 Å². The van der Waals surface area contributed by atoms with E-state index in [1.165, 1.54) is 37.3 Å². The van der Waals surface area contributed by atoms with Gasteiger partial charge in [-0.15, -0.1) is 0 Å². The minimum absolute atomic E-state index is 0.130. The number of carbonyl (C=O) groups excluding carboxylic acids is 2. The molecule has 1 saturated heterocycles. The number of Topliss-reactive ketones (excluding diaryl/α,β-unsaturated/α-hetero) is 1. The number of aliphatic hydroxyl groups excluding tert-OH is 1. The van der Waals surface area contributed by atoms with Crippen LogP contribution in [0.4, 0.5) is 5.69 Å². The van der Waals surface area contributed by atoms with E-state index < -0.39 is 23.5 Å². The van der Waals surface area contributed by atoms with Gasteiger partial charge in [-0.3, -0.25) is 14.5 Å². The average molecular weight is 524 g/mol. The molecule has 1 amide bonds. The lowest BCUT2D eigenvalue weighted by atomic mass is 9.94. The zero-order valence-electron chi connectivity index (χ0n) is 21.2. The van der Waals surface area contributed by atoms with E-state index in [9.17, 15) is 19.8 Å². The van der Waals surface area contributed by atoms with Gasteiger partial charge in [0.25, 0.3) is 11.7 Å². The van der Waals surface area contributed by atoms with Gasteiger partial charge in [0.15, 0.2) is 11.5 Å². The topological polar surface area (TPSA) is 106 Å². The Hall–Kier alpha value is -5.24. The average Bonchev–Trinajstić information content (AvgIpc) is 3.23. The summed E-state index contributed by atoms with van der Waals surface area (Å²) >= 11 is 0. The van der Waals surface area contributed by atoms with Gasteiger partial charge in [0.05, 0.1) is 31.5 Å². The Morgan fingerprint density at radius 2 is 1.46 bits per heavy atom. The molecule has 1 heterocycles. The number of phenols is 1. The van der Waals surface area contributed by atoms with Crippen molar-refractivity contribution in [1.29, 1.82) is 0 Å². The molecule has 0 aromatic heterocycles. The highest BCUT2D eigenvalue weighted by atomic mass is 16.5. The molecule has 1 aliphatic heterocycles. The Bertz CT molecular complexity index is 1580. The van der Waals surface area contributed by atoms with E-state index in [0.717, 1.165) is 0 Å². The fourth-order valence-corrected chi connectivity index (χ4v) is 4.58. The second-order valence-electron chi connectivity index (χ2n) is 8.72. The third kappa shape index (κ3) is 4.75. The number of benzene rings is 4. The van der Waals surface area contributed by atoms with E-state index in [2.05, 4.69) is 0 Å². The van der Waals surface area contributed by atoms with Crippen molar-refractivity contribution in [2.24, 2.45) is 0 Å². The zero-order chi connectivity index (χ0) is 27.5. The molecule has 196 valence electrons. The number of methoxy groups -OCH3 is 2. The second-order valence-corrected chi connectivity index (χ2v) is 8.72. The Kier molecular flexibility index (Phi) is 6.93. The molecule has 4 aromatic carbocycles. The van der Waals surface area contributed by atoms with Crippen molar-refractivity contribution in [3.63, 3.8) is 0 Å². The summed E-state index contributed by atoms with van der Waals surface area (Å²) in [4.78, 5) is 28.1. The van der Waals surface area contributed by atoms with Crippen LogP contribution in [0.15, 0.2) is 103 Å². The maximum absolute atomic E-state index is 13.5. The SMILES string of the molecule is COc1ccc(/C(O)=C2\C(=O)C(=O)N(c3ccccc3O)C2c2cccc(Oc3ccccc3)c2)cc1OC. The second kappa shape index (κ2) is 10.6. The molecule has 1 atom stereocenters. The van der Waals surface area contributed by atoms with Gasteiger partial charge in [-0.25, -0.2) is 0 Å². The Balaban J connectivity index is 1.69. The number of nitrogens with zero attached hydrogens (tertiary/aromatic N) is 1. The summed E-state index contributed by atoms with van der Waals surface area (Å²) < 4.78 is 16.6. The van der Waals surface area contributed by atoms with Gasteiger partial charge in [-0.2, -0.15) is 0 Å². The number of carbonyl (C=O) groups is 2. The van der Waals surface area contributed by atoms with Crippen LogP contribution in [0.1, 0.15) is 17.2 Å². The van der Waals surface area contributed by atoms with E-state index in [1.54, 1.807) is 60.7 Å². The van der Waals surface area contributed by atoms with Crippen LogP contribution in [0.2, 0.25) is 0 Å². The summed E-state index contributed by atoms with van der Waals surface area (Å²) in [5.41, 5.74) is 0.732. The van der Waals surface area contributed by atoms with Gasteiger partial charge in [-0.1, -0.05) is 42.5 Å². The van der Waals surface area contributed by atoms with Crippen LogP contribution >= 0.6 is 0 Å². The first-order valence-electron chi connectivity index (χ1n) is 12.1. The smallest absolute Gasteiger partial charge is 0.300 e. The van der Waals surface area contributed by atoms with Gasteiger partial charge in [0.1, 0.15) is 23.0 Å². The van der Waals surface area contributed by atoms with Crippen LogP contribution < -0.4 is 19.1 Å². The Labute approximate surface area is 224 Å². The van der Waals surface area contributed by atoms with Gasteiger partial charge >= 0.3 is 0 Å². The summed E-state index contributed by atoms with van der Waals surface area (Å²) in [5, 5.41) is 22.1. The van der Waals surface area contributed by atoms with Crippen LogP contribution in [-0.2, 0) is 9.59 Å². The van der Waals surface area contributed by atoms with E-state index in [4.69, 9.17) is 14.2 Å². The highest BCUT2D eigenvalue weighted by Gasteiger charge is 2.47. The molecule has 1 aliphatic rings. The predicted octanol–water partition coefficient (Wildman–Crippen LogP) is 5.83. The van der Waals surface area contributed by atoms with Crippen molar-refractivity contribution in [1.82, 2.24) is 0 Å². The molecule has 8 heteroatoms. The van der Waals surface area contributed by atoms with Crippen molar-refractivity contribution in [2.75, 3.05) is 19.1 Å². The minimum atomic E-state index is -1.06. The largest absolute Gasteiger partial charge is 0.507 e. The van der Waals surface area contributed by atoms with E-state index in [1.807, 2.05) is 18.2 Å². The number of hydrogen-bond donors (Lipinski definition) is 2. The third-order valence-electron chi connectivity index (χ3n) is 6.40. The Morgan fingerprint density at radius 3 is 2.18 bits per heavy atom. The summed E-state index contributed by atoms with van der Waals surface area (Å²) in [6.45, 7) is 0. The van der Waals surface area contributed by atoms with E-state index in [-0.39, 0.29) is 22.6 Å². The molecule has 8 nitrogen and oxygen atoms in total. The van der Waals surface area contributed by atoms with Crippen molar-refractivity contribution in [2.45, 2.75) is 6.04 Å². The molecule has 0 spiro atoms. The maximum atomic E-state index is 13.5. The molecule has 0 aliphatic carbocycles. The molecular formula is C31H25NO7. The molecule has 39 heavy (non-hydrogen) atoms. The summed E-state index contributed by atoms with van der Waals surface area (Å²) in [5.74, 6) is -0.527. The lowest BCUT2D eigenvalue weighted by Crippen LogP contribution is -2.29. The fourth-order valence-electron chi connectivity index (χ4n) is 4.58. The van der Waals surface area contributed by atoms with Gasteiger partial charge in [-0.05, 0) is 60.2 Å². The summed E-state index contributed by atoms with van der Waals surface area (Å²) in [6, 6.07) is 25.9. The lowest BCUT2D eigenvalue weighted by molar-refractivity contribution is -0.132. The van der Waals surface area contributed by atoms with Crippen LogP contribution in [0, 0.1) is 0 Å². The first kappa shape index (κ1) is 25.4. The zero-order valence-corrected chi connectivity index (χ0v) is 21.2. The minimum Gasteiger partial charge on any atom is -0.507 e. The molecule has 2 N–H and O–H groups in total. The van der Waals surface area contributed by atoms with Gasteiger partial charge in [0, 0.05) is 5.56 Å². The number of aromatic hydroxyl groups is 1. The first-order valence-corrected chi connectivity index (χ1v) is 12.1. The molecule has 4 aromatic rings. The normalized spacial score (nSPS) is 16.3. The number of ketones is 1. The third-order valence-corrected chi connectivity index (χ3v) is 6.40. The molecule has 5 rings (SSSR count). The molecular weight excluding hydrogens is 498 g/mol. The summed E-state index contributed by atoms with van der Waals surface area (Å²) in [6.07, 6.45) is 0. The Morgan fingerprint density at radius 1 is 0.769 bits per heavy atom. The molecule has 0 radical (unpaired) electrons. The van der Waals surface area contributed by atoms with Crippen LogP contribution in [0.3, 0.4) is 0 Å². The van der Waals surface area contributed by atoms with Crippen LogP contribution in [0.25, 0.3) is 5.76 Å². The molecule has 0 bridgehead atoms. The number of hydrogen-bond acceptors (Lipinski definition) is 7. The first-order chi connectivity index (χ1) is 18.9. The van der Waals surface area contributed by atoms with Gasteiger partial charge < -0.3 is 24.4 Å². The van der Waals surface area contributed by atoms with Crippen LogP contribution in [-0.4, -0.2) is 36.1 Å². The van der Waals surface area contributed by atoms with Crippen LogP contribution in [0.5, 0.6) is 28.7 Å². The monoisotopic (exact) mass is 523 g/mol. The number of amides is 1. The highest BCUT2D eigenvalue weighted by Crippen LogP contribution is 2.45. The lowest BCUT2D eigenvalue weighted by Gasteiger charge is -2.26. The van der Waals surface area contributed by atoms with Crippen molar-refractivity contribution in [3.8, 4) is 28.7 Å². The molecule has 1 unspecified atom stereocenters. The van der Waals surface area contributed by atoms with Gasteiger partial charge in [0.2, 0.25) is 0 Å². The predicted molar refractivity (Wildman–Crippen MR) is 145 cm³/mol. The number of ether oxygens (including phenoxy) is 3. The maximum Gasteiger partial charge on any atom is 0.300 e. The van der Waals surface area contributed by atoms with E-state index >= 15 is 0 Å². The van der Waals surface area contributed by atoms with Crippen molar-refractivity contribution >= 4 is 23.1 Å². The number of rotatable bonds is 7.